The Balaban J connectivity index is 1.72. The van der Waals surface area contributed by atoms with Crippen molar-refractivity contribution in [3.05, 3.63) is 89.5 Å². The van der Waals surface area contributed by atoms with E-state index in [1.807, 2.05) is 24.3 Å². The fraction of sp³-hybridized carbons (Fsp3) is 0.136. The van der Waals surface area contributed by atoms with E-state index in [0.29, 0.717) is 5.56 Å². The monoisotopic (exact) mass is 344 g/mol. The van der Waals surface area contributed by atoms with E-state index in [2.05, 4.69) is 41.5 Å². The second-order valence-electron chi connectivity index (χ2n) is 6.31. The minimum absolute atomic E-state index is 0.105. The lowest BCUT2D eigenvalue weighted by Gasteiger charge is -2.35. The lowest BCUT2D eigenvalue weighted by Crippen LogP contribution is -2.34. The Morgan fingerprint density at radius 1 is 0.885 bits per heavy atom. The fourth-order valence-corrected chi connectivity index (χ4v) is 3.48. The standard InChI is InChI=1S/C22H20N2O2/c1-24-19-9-5-3-7-17(19)21(18-8-4-6-10-20(18)24)23-22(25)15-11-13-16(26-2)14-12-15/h3-14,21H,1-2H3,(H,23,25). The molecule has 0 saturated carbocycles. The van der Waals surface area contributed by atoms with E-state index < -0.39 is 0 Å². The molecule has 3 aromatic carbocycles. The Hall–Kier alpha value is -3.27. The van der Waals surface area contributed by atoms with Gasteiger partial charge >= 0.3 is 0 Å². The molecule has 1 aliphatic rings. The molecule has 0 unspecified atom stereocenters. The van der Waals surface area contributed by atoms with Crippen LogP contribution in [0.3, 0.4) is 0 Å². The summed E-state index contributed by atoms with van der Waals surface area (Å²) < 4.78 is 5.17. The molecular formula is C22H20N2O2. The van der Waals surface area contributed by atoms with Gasteiger partial charge in [-0.3, -0.25) is 4.79 Å². The van der Waals surface area contributed by atoms with E-state index in [1.54, 1.807) is 31.4 Å². The highest BCUT2D eigenvalue weighted by Gasteiger charge is 2.29. The number of hydrogen-bond donors (Lipinski definition) is 1. The maximum Gasteiger partial charge on any atom is 0.252 e. The Kier molecular flexibility index (Phi) is 4.09. The second kappa shape index (κ2) is 6.56. The van der Waals surface area contributed by atoms with Crippen molar-refractivity contribution in [3.8, 4) is 5.75 Å². The lowest BCUT2D eigenvalue weighted by molar-refractivity contribution is 0.0943. The number of nitrogens with one attached hydrogen (secondary N) is 1. The molecule has 0 saturated heterocycles. The third kappa shape index (κ3) is 2.69. The number of hydrogen-bond acceptors (Lipinski definition) is 3. The van der Waals surface area contributed by atoms with Crippen molar-refractivity contribution in [1.82, 2.24) is 5.32 Å². The van der Waals surface area contributed by atoms with Crippen molar-refractivity contribution in [2.45, 2.75) is 6.04 Å². The van der Waals surface area contributed by atoms with Crippen molar-refractivity contribution < 1.29 is 9.53 Å². The zero-order valence-electron chi connectivity index (χ0n) is 14.8. The molecule has 26 heavy (non-hydrogen) atoms. The molecule has 0 aromatic heterocycles. The number of carbonyl (C=O) groups excluding carboxylic acids is 1. The zero-order chi connectivity index (χ0) is 18.1. The highest BCUT2D eigenvalue weighted by Crippen LogP contribution is 2.43. The van der Waals surface area contributed by atoms with Gasteiger partial charge in [-0.05, 0) is 36.4 Å². The van der Waals surface area contributed by atoms with Gasteiger partial charge < -0.3 is 15.0 Å². The van der Waals surface area contributed by atoms with Crippen LogP contribution in [-0.4, -0.2) is 20.1 Å². The molecule has 4 nitrogen and oxygen atoms in total. The van der Waals surface area contributed by atoms with Crippen LogP contribution in [0.15, 0.2) is 72.8 Å². The highest BCUT2D eigenvalue weighted by atomic mass is 16.5. The molecule has 0 radical (unpaired) electrons. The first kappa shape index (κ1) is 16.2. The summed E-state index contributed by atoms with van der Waals surface area (Å²) in [7, 11) is 3.67. The van der Waals surface area contributed by atoms with Crippen molar-refractivity contribution >= 4 is 17.3 Å². The maximum atomic E-state index is 12.8. The maximum absolute atomic E-state index is 12.8. The number of para-hydroxylation sites is 2. The van der Waals surface area contributed by atoms with Crippen LogP contribution in [0.2, 0.25) is 0 Å². The van der Waals surface area contributed by atoms with E-state index in [9.17, 15) is 4.79 Å². The lowest BCUT2D eigenvalue weighted by atomic mass is 9.90. The Morgan fingerprint density at radius 3 is 1.96 bits per heavy atom. The van der Waals surface area contributed by atoms with Gasteiger partial charge in [-0.2, -0.15) is 0 Å². The van der Waals surface area contributed by atoms with Crippen molar-refractivity contribution in [2.75, 3.05) is 19.1 Å². The predicted molar refractivity (Wildman–Crippen MR) is 103 cm³/mol. The molecule has 0 bridgehead atoms. The number of methoxy groups -OCH3 is 1. The van der Waals surface area contributed by atoms with Gasteiger partial charge in [0.1, 0.15) is 5.75 Å². The molecule has 1 N–H and O–H groups in total. The molecule has 3 aromatic rings. The average molecular weight is 344 g/mol. The van der Waals surface area contributed by atoms with E-state index in [1.165, 1.54) is 0 Å². The molecule has 130 valence electrons. The van der Waals surface area contributed by atoms with Crippen molar-refractivity contribution in [1.29, 1.82) is 0 Å². The number of anilines is 2. The smallest absolute Gasteiger partial charge is 0.252 e. The number of amides is 1. The SMILES string of the molecule is COc1ccc(C(=O)NC2c3ccccc3N(C)c3ccccc32)cc1. The molecule has 0 atom stereocenters. The van der Waals surface area contributed by atoms with Gasteiger partial charge in [-0.25, -0.2) is 0 Å². The number of nitrogens with zero attached hydrogens (tertiary/aromatic N) is 1. The largest absolute Gasteiger partial charge is 0.497 e. The normalized spacial score (nSPS) is 12.9. The predicted octanol–water partition coefficient (Wildman–Crippen LogP) is 4.30. The molecule has 4 rings (SSSR count). The van der Waals surface area contributed by atoms with Crippen LogP contribution in [0.4, 0.5) is 11.4 Å². The second-order valence-corrected chi connectivity index (χ2v) is 6.31. The summed E-state index contributed by atoms with van der Waals surface area (Å²) in [6.45, 7) is 0. The molecule has 4 heteroatoms. The van der Waals surface area contributed by atoms with Gasteiger partial charge in [0, 0.05) is 35.1 Å². The molecule has 0 fully saturated rings. The Morgan fingerprint density at radius 2 is 1.42 bits per heavy atom. The number of fused-ring (bicyclic) bond motifs is 2. The Labute approximate surface area is 153 Å². The van der Waals surface area contributed by atoms with Gasteiger partial charge in [-0.1, -0.05) is 36.4 Å². The topological polar surface area (TPSA) is 41.6 Å². The minimum atomic E-state index is -0.187. The summed E-state index contributed by atoms with van der Waals surface area (Å²) in [6, 6.07) is 23.3. The first-order valence-corrected chi connectivity index (χ1v) is 8.55. The summed E-state index contributed by atoms with van der Waals surface area (Å²) in [6.07, 6.45) is 0. The first-order chi connectivity index (χ1) is 12.7. The van der Waals surface area contributed by atoms with Crippen LogP contribution >= 0.6 is 0 Å². The van der Waals surface area contributed by atoms with E-state index in [-0.39, 0.29) is 11.9 Å². The van der Waals surface area contributed by atoms with Crippen LogP contribution in [0.5, 0.6) is 5.75 Å². The van der Waals surface area contributed by atoms with Crippen molar-refractivity contribution in [2.24, 2.45) is 0 Å². The van der Waals surface area contributed by atoms with Gasteiger partial charge in [0.2, 0.25) is 0 Å². The van der Waals surface area contributed by atoms with Crippen LogP contribution < -0.4 is 15.0 Å². The summed E-state index contributed by atoms with van der Waals surface area (Å²) in [4.78, 5) is 15.0. The van der Waals surface area contributed by atoms with Crippen LogP contribution in [0, 0.1) is 0 Å². The average Bonchev–Trinajstić information content (AvgIpc) is 2.71. The molecule has 0 spiro atoms. The summed E-state index contributed by atoms with van der Waals surface area (Å²) in [5, 5.41) is 3.20. The summed E-state index contributed by atoms with van der Waals surface area (Å²) in [5.41, 5.74) is 5.00. The van der Waals surface area contributed by atoms with Crippen LogP contribution in [0.25, 0.3) is 0 Å². The third-order valence-corrected chi connectivity index (χ3v) is 4.85. The van der Waals surface area contributed by atoms with Crippen molar-refractivity contribution in [3.63, 3.8) is 0 Å². The van der Waals surface area contributed by atoms with Gasteiger partial charge in [-0.15, -0.1) is 0 Å². The summed E-state index contributed by atoms with van der Waals surface area (Å²) >= 11 is 0. The Bertz CT molecular complexity index is 903. The zero-order valence-corrected chi connectivity index (χ0v) is 14.8. The molecule has 1 heterocycles. The number of benzene rings is 3. The van der Waals surface area contributed by atoms with Gasteiger partial charge in [0.25, 0.3) is 5.91 Å². The third-order valence-electron chi connectivity index (χ3n) is 4.85. The van der Waals surface area contributed by atoms with Gasteiger partial charge in [0.05, 0.1) is 13.2 Å². The van der Waals surface area contributed by atoms with Crippen LogP contribution in [0.1, 0.15) is 27.5 Å². The van der Waals surface area contributed by atoms with Crippen LogP contribution in [-0.2, 0) is 0 Å². The quantitative estimate of drug-likeness (QED) is 0.770. The fourth-order valence-electron chi connectivity index (χ4n) is 3.48. The first-order valence-electron chi connectivity index (χ1n) is 8.55. The number of ether oxygens (including phenoxy) is 1. The van der Waals surface area contributed by atoms with E-state index >= 15 is 0 Å². The van der Waals surface area contributed by atoms with E-state index in [4.69, 9.17) is 4.74 Å². The highest BCUT2D eigenvalue weighted by molar-refractivity contribution is 5.95. The molecular weight excluding hydrogens is 324 g/mol. The number of rotatable bonds is 3. The minimum Gasteiger partial charge on any atom is -0.497 e. The van der Waals surface area contributed by atoms with Gasteiger partial charge in [0.15, 0.2) is 0 Å². The van der Waals surface area contributed by atoms with E-state index in [0.717, 1.165) is 28.3 Å². The number of carbonyl (C=O) groups is 1. The molecule has 0 aliphatic carbocycles. The molecule has 1 amide bonds. The molecule has 1 aliphatic heterocycles. The summed E-state index contributed by atoms with van der Waals surface area (Å²) in [5.74, 6) is 0.628.